The first-order valence-electron chi connectivity index (χ1n) is 16.2. The van der Waals surface area contributed by atoms with E-state index in [1.165, 1.54) is 11.8 Å². The average molecular weight is 620 g/mol. The van der Waals surface area contributed by atoms with Crippen molar-refractivity contribution in [2.75, 3.05) is 11.9 Å². The van der Waals surface area contributed by atoms with Gasteiger partial charge in [-0.1, -0.05) is 88.6 Å². The molecule has 1 fully saturated rings. The maximum atomic E-state index is 14.0. The van der Waals surface area contributed by atoms with E-state index in [1.54, 1.807) is 12.1 Å². The fraction of sp³-hybridized carbons (Fsp3) is 0.514. The molecular formula is C35H49N5O5. The highest BCUT2D eigenvalue weighted by Gasteiger charge is 2.39. The van der Waals surface area contributed by atoms with E-state index in [-0.39, 0.29) is 36.0 Å². The molecule has 10 heteroatoms. The number of hydrogen-bond donors (Lipinski definition) is 4. The van der Waals surface area contributed by atoms with Crippen molar-refractivity contribution in [3.63, 3.8) is 0 Å². The Kier molecular flexibility index (Phi) is 14.1. The van der Waals surface area contributed by atoms with Crippen molar-refractivity contribution in [1.82, 2.24) is 20.9 Å². The normalized spacial score (nSPS) is 16.4. The number of likely N-dealkylation sites (tertiary alicyclic amines) is 1. The molecule has 0 saturated carbocycles. The van der Waals surface area contributed by atoms with Crippen LogP contribution in [0.5, 0.6) is 0 Å². The monoisotopic (exact) mass is 619 g/mol. The number of anilines is 1. The molecular weight excluding hydrogens is 570 g/mol. The Hall–Kier alpha value is -4.21. The van der Waals surface area contributed by atoms with Crippen molar-refractivity contribution >= 4 is 35.2 Å². The lowest BCUT2D eigenvalue weighted by atomic mass is 10.00. The van der Waals surface area contributed by atoms with Crippen LogP contribution in [0.4, 0.5) is 5.69 Å². The molecule has 45 heavy (non-hydrogen) atoms. The highest BCUT2D eigenvalue weighted by Crippen LogP contribution is 2.21. The van der Waals surface area contributed by atoms with Gasteiger partial charge in [0.1, 0.15) is 24.2 Å². The molecule has 2 aromatic carbocycles. The molecule has 4 N–H and O–H groups in total. The molecule has 1 aliphatic heterocycles. The third kappa shape index (κ3) is 11.3. The van der Waals surface area contributed by atoms with Gasteiger partial charge in [-0.15, -0.1) is 0 Å². The summed E-state index contributed by atoms with van der Waals surface area (Å²) in [5.74, 6) is -1.74. The zero-order chi connectivity index (χ0) is 32.8. The molecule has 0 radical (unpaired) electrons. The molecule has 0 spiro atoms. The van der Waals surface area contributed by atoms with Crippen LogP contribution in [0.25, 0.3) is 0 Å². The lowest BCUT2D eigenvalue weighted by molar-refractivity contribution is -0.142. The number of carbonyl (C=O) groups excluding carboxylic acids is 5. The second kappa shape index (κ2) is 17.9. The summed E-state index contributed by atoms with van der Waals surface area (Å²) in [5.41, 5.74) is 1.52. The van der Waals surface area contributed by atoms with Gasteiger partial charge in [0.25, 0.3) is 0 Å². The number of unbranched alkanes of at least 4 members (excludes halogenated alkanes) is 2. The fourth-order valence-electron chi connectivity index (χ4n) is 5.66. The van der Waals surface area contributed by atoms with Gasteiger partial charge in [0, 0.05) is 25.6 Å². The first-order valence-corrected chi connectivity index (χ1v) is 16.2. The first kappa shape index (κ1) is 35.3. The summed E-state index contributed by atoms with van der Waals surface area (Å²) in [6, 6.07) is 15.2. The largest absolute Gasteiger partial charge is 0.344 e. The molecule has 0 aliphatic carbocycles. The Bertz CT molecular complexity index is 1270. The second-order valence-electron chi connectivity index (χ2n) is 12.2. The van der Waals surface area contributed by atoms with Crippen molar-refractivity contribution in [3.8, 4) is 0 Å². The minimum absolute atomic E-state index is 0.0760. The Labute approximate surface area is 267 Å². The highest BCUT2D eigenvalue weighted by molar-refractivity contribution is 5.99. The average Bonchev–Trinajstić information content (AvgIpc) is 3.50. The van der Waals surface area contributed by atoms with Crippen LogP contribution in [0, 0.1) is 5.92 Å². The summed E-state index contributed by atoms with van der Waals surface area (Å²) in [6.07, 6.45) is 4.90. The zero-order valence-electron chi connectivity index (χ0n) is 27.0. The number of benzene rings is 2. The van der Waals surface area contributed by atoms with Crippen LogP contribution in [0.3, 0.4) is 0 Å². The number of carbonyl (C=O) groups is 5. The van der Waals surface area contributed by atoms with Gasteiger partial charge in [-0.25, -0.2) is 0 Å². The van der Waals surface area contributed by atoms with Gasteiger partial charge in [0.2, 0.25) is 29.5 Å². The van der Waals surface area contributed by atoms with Crippen LogP contribution >= 0.6 is 0 Å². The third-order valence-corrected chi connectivity index (χ3v) is 7.91. The van der Waals surface area contributed by atoms with Gasteiger partial charge < -0.3 is 26.2 Å². The van der Waals surface area contributed by atoms with Crippen LogP contribution in [0.1, 0.15) is 78.2 Å². The SMILES string of the molecule is CCCCC[C@H](NC(=O)[C@@H]1CCCN1C(=O)[C@H](CC(C)C)NC(=O)[C@H](Cc1ccccc1)NC(C)=O)C(=O)Nc1ccccc1. The molecule has 0 bridgehead atoms. The van der Waals surface area contributed by atoms with Gasteiger partial charge in [-0.3, -0.25) is 24.0 Å². The molecule has 1 heterocycles. The summed E-state index contributed by atoms with van der Waals surface area (Å²) in [6.45, 7) is 7.72. The number of nitrogens with one attached hydrogen (secondary N) is 4. The predicted octanol–water partition coefficient (Wildman–Crippen LogP) is 3.96. The summed E-state index contributed by atoms with van der Waals surface area (Å²) in [7, 11) is 0. The predicted molar refractivity (Wildman–Crippen MR) is 175 cm³/mol. The maximum Gasteiger partial charge on any atom is 0.246 e. The number of rotatable bonds is 16. The molecule has 4 atom stereocenters. The number of nitrogens with zero attached hydrogens (tertiary/aromatic N) is 1. The summed E-state index contributed by atoms with van der Waals surface area (Å²) < 4.78 is 0. The van der Waals surface area contributed by atoms with E-state index in [2.05, 4.69) is 28.2 Å². The van der Waals surface area contributed by atoms with Gasteiger partial charge in [0.05, 0.1) is 0 Å². The Morgan fingerprint density at radius 3 is 2.11 bits per heavy atom. The van der Waals surface area contributed by atoms with Crippen molar-refractivity contribution in [2.24, 2.45) is 5.92 Å². The van der Waals surface area contributed by atoms with Gasteiger partial charge in [-0.2, -0.15) is 0 Å². The minimum atomic E-state index is -0.875. The molecule has 0 unspecified atom stereocenters. The highest BCUT2D eigenvalue weighted by atomic mass is 16.2. The van der Waals surface area contributed by atoms with Gasteiger partial charge in [-0.05, 0) is 49.3 Å². The topological polar surface area (TPSA) is 137 Å². The quantitative estimate of drug-likeness (QED) is 0.211. The van der Waals surface area contributed by atoms with Crippen LogP contribution in [-0.2, 0) is 30.4 Å². The summed E-state index contributed by atoms with van der Waals surface area (Å²) in [4.78, 5) is 67.8. The number of para-hydroxylation sites is 1. The van der Waals surface area contributed by atoms with E-state index in [4.69, 9.17) is 0 Å². The fourth-order valence-corrected chi connectivity index (χ4v) is 5.66. The van der Waals surface area contributed by atoms with Crippen molar-refractivity contribution in [1.29, 1.82) is 0 Å². The molecule has 0 aromatic heterocycles. The van der Waals surface area contributed by atoms with Crippen LogP contribution in [-0.4, -0.2) is 65.1 Å². The molecule has 1 aliphatic rings. The van der Waals surface area contributed by atoms with E-state index in [9.17, 15) is 24.0 Å². The number of hydrogen-bond acceptors (Lipinski definition) is 5. The van der Waals surface area contributed by atoms with Crippen LogP contribution < -0.4 is 21.3 Å². The molecule has 2 aromatic rings. The maximum absolute atomic E-state index is 14.0. The Morgan fingerprint density at radius 1 is 0.822 bits per heavy atom. The summed E-state index contributed by atoms with van der Waals surface area (Å²) in [5, 5.41) is 11.4. The third-order valence-electron chi connectivity index (χ3n) is 7.91. The van der Waals surface area contributed by atoms with Crippen molar-refractivity contribution in [2.45, 2.75) is 103 Å². The van der Waals surface area contributed by atoms with Crippen LogP contribution in [0.2, 0.25) is 0 Å². The van der Waals surface area contributed by atoms with E-state index in [0.717, 1.165) is 24.8 Å². The Balaban J connectivity index is 1.74. The van der Waals surface area contributed by atoms with E-state index in [0.29, 0.717) is 37.9 Å². The molecule has 5 amide bonds. The first-order chi connectivity index (χ1) is 21.6. The van der Waals surface area contributed by atoms with E-state index < -0.39 is 30.1 Å². The van der Waals surface area contributed by atoms with Crippen molar-refractivity contribution < 1.29 is 24.0 Å². The number of amides is 5. The molecule has 3 rings (SSSR count). The lowest BCUT2D eigenvalue weighted by Crippen LogP contribution is -2.58. The zero-order valence-corrected chi connectivity index (χ0v) is 27.0. The van der Waals surface area contributed by atoms with Gasteiger partial charge in [0.15, 0.2) is 0 Å². The van der Waals surface area contributed by atoms with E-state index in [1.807, 2.05) is 62.4 Å². The second-order valence-corrected chi connectivity index (χ2v) is 12.2. The standard InChI is InChI=1S/C35H49N5O5/c1-5-6-9-19-28(32(42)37-27-17-12-8-13-18-27)38-34(44)31-20-14-21-40(31)35(45)30(22-24(2)3)39-33(43)29(36-25(4)41)23-26-15-10-7-11-16-26/h7-8,10-13,15-18,24,28-31H,5-6,9,14,19-23H2,1-4H3,(H,36,41)(H,37,42)(H,38,44)(H,39,43)/t28-,29-,30-,31-/m0/s1. The Morgan fingerprint density at radius 2 is 1.49 bits per heavy atom. The molecule has 10 nitrogen and oxygen atoms in total. The van der Waals surface area contributed by atoms with Crippen LogP contribution in [0.15, 0.2) is 60.7 Å². The van der Waals surface area contributed by atoms with E-state index >= 15 is 0 Å². The molecule has 1 saturated heterocycles. The summed E-state index contributed by atoms with van der Waals surface area (Å²) >= 11 is 0. The minimum Gasteiger partial charge on any atom is -0.344 e. The molecule has 244 valence electrons. The van der Waals surface area contributed by atoms with Gasteiger partial charge >= 0.3 is 0 Å². The lowest BCUT2D eigenvalue weighted by Gasteiger charge is -2.31. The van der Waals surface area contributed by atoms with Crippen molar-refractivity contribution in [3.05, 3.63) is 66.2 Å². The smallest absolute Gasteiger partial charge is 0.246 e.